The molecule has 0 heterocycles. The summed E-state index contributed by atoms with van der Waals surface area (Å²) in [5, 5.41) is 20.1. The van der Waals surface area contributed by atoms with Gasteiger partial charge in [-0.15, -0.1) is 0 Å². The summed E-state index contributed by atoms with van der Waals surface area (Å²) >= 11 is 0. The van der Waals surface area contributed by atoms with E-state index in [-0.39, 0.29) is 17.9 Å². The molecule has 1 atom stereocenters. The number of allylic oxidation sites excluding steroid dienone is 2. The van der Waals surface area contributed by atoms with Gasteiger partial charge in [0.05, 0.1) is 0 Å². The minimum atomic E-state index is -4.17. The molecule has 0 fully saturated rings. The monoisotopic (exact) mass is 565 g/mol. The van der Waals surface area contributed by atoms with Crippen LogP contribution in [0.4, 0.5) is 13.2 Å². The first kappa shape index (κ1) is 31.2. The molecule has 216 valence electrons. The summed E-state index contributed by atoms with van der Waals surface area (Å²) in [5.74, 6) is 1.15. The Hall–Kier alpha value is -2.32. The number of phenols is 2. The molecule has 0 saturated carbocycles. The molecule has 4 nitrogen and oxygen atoms in total. The van der Waals surface area contributed by atoms with Crippen molar-refractivity contribution in [1.29, 1.82) is 0 Å². The van der Waals surface area contributed by atoms with E-state index in [1.54, 1.807) is 12.1 Å². The van der Waals surface area contributed by atoms with Crippen molar-refractivity contribution in [2.75, 3.05) is 31.6 Å². The maximum absolute atomic E-state index is 12.2. The highest BCUT2D eigenvalue weighted by atomic mass is 32.2. The third kappa shape index (κ3) is 11.0. The fraction of sp³-hybridized carbons (Fsp3) is 0.548. The normalized spacial score (nSPS) is 14.9. The third-order valence-corrected chi connectivity index (χ3v) is 8.79. The van der Waals surface area contributed by atoms with E-state index in [0.717, 1.165) is 76.4 Å². The fourth-order valence-electron chi connectivity index (χ4n) is 5.33. The van der Waals surface area contributed by atoms with Gasteiger partial charge in [-0.3, -0.25) is 4.21 Å². The molecule has 2 aromatic carbocycles. The zero-order valence-corrected chi connectivity index (χ0v) is 23.8. The van der Waals surface area contributed by atoms with Crippen molar-refractivity contribution >= 4 is 21.9 Å². The van der Waals surface area contributed by atoms with Gasteiger partial charge in [-0.1, -0.05) is 31.0 Å². The topological polar surface area (TPSA) is 60.8 Å². The molecule has 39 heavy (non-hydrogen) atoms. The summed E-state index contributed by atoms with van der Waals surface area (Å²) in [6.07, 6.45) is 3.76. The van der Waals surface area contributed by atoms with Crippen LogP contribution in [0.2, 0.25) is 0 Å². The van der Waals surface area contributed by atoms with E-state index in [9.17, 15) is 27.6 Å². The van der Waals surface area contributed by atoms with Crippen LogP contribution in [0, 0.1) is 0 Å². The fourth-order valence-corrected chi connectivity index (χ4v) is 6.45. The van der Waals surface area contributed by atoms with E-state index in [4.69, 9.17) is 0 Å². The van der Waals surface area contributed by atoms with Crippen LogP contribution >= 0.6 is 0 Å². The van der Waals surface area contributed by atoms with E-state index in [1.807, 2.05) is 31.3 Å². The Labute approximate surface area is 233 Å². The first-order valence-electron chi connectivity index (χ1n) is 14.1. The van der Waals surface area contributed by atoms with Crippen LogP contribution in [0.25, 0.3) is 11.1 Å². The van der Waals surface area contributed by atoms with Crippen molar-refractivity contribution in [3.63, 3.8) is 0 Å². The molecular formula is C31H42F3NO3S. The van der Waals surface area contributed by atoms with Crippen molar-refractivity contribution < 1.29 is 27.6 Å². The van der Waals surface area contributed by atoms with Crippen LogP contribution in [0.15, 0.2) is 42.5 Å². The predicted molar refractivity (Wildman–Crippen MR) is 154 cm³/mol. The first-order chi connectivity index (χ1) is 18.6. The van der Waals surface area contributed by atoms with E-state index in [0.29, 0.717) is 11.5 Å². The van der Waals surface area contributed by atoms with Gasteiger partial charge in [0.15, 0.2) is 0 Å². The standard InChI is InChI=1S/C31H42F3NO3S/c1-35(19-9-21-39(38)20-8-17-31(32,33)34)18-5-3-2-4-13-30-28(24-10-6-12-26(36)22-24)14-7-11-25-23-27(37)15-16-29(25)30/h6,10,12,15-16,22-23,36-37H,2-5,7-9,11,13-14,17-21H2,1H3. The molecule has 0 saturated heterocycles. The highest BCUT2D eigenvalue weighted by molar-refractivity contribution is 7.84. The number of hydrogen-bond acceptors (Lipinski definition) is 4. The summed E-state index contributed by atoms with van der Waals surface area (Å²) in [5.41, 5.74) is 6.05. The Morgan fingerprint density at radius 3 is 2.36 bits per heavy atom. The minimum absolute atomic E-state index is 0.0633. The molecule has 0 aliphatic heterocycles. The lowest BCUT2D eigenvalue weighted by molar-refractivity contribution is -0.134. The lowest BCUT2D eigenvalue weighted by atomic mass is 9.89. The SMILES string of the molecule is CN(CCCCCCC1=C(c2cccc(O)c2)CCCc2cc(O)ccc21)CCCS(=O)CCCC(F)(F)F. The van der Waals surface area contributed by atoms with Crippen LogP contribution in [-0.2, 0) is 17.2 Å². The first-order valence-corrected chi connectivity index (χ1v) is 15.5. The summed E-state index contributed by atoms with van der Waals surface area (Å²) < 4.78 is 48.6. The van der Waals surface area contributed by atoms with E-state index >= 15 is 0 Å². The van der Waals surface area contributed by atoms with Crippen LogP contribution in [0.1, 0.15) is 80.9 Å². The number of rotatable bonds is 15. The molecule has 0 bridgehead atoms. The van der Waals surface area contributed by atoms with Crippen LogP contribution in [0.3, 0.4) is 0 Å². The Morgan fingerprint density at radius 2 is 1.59 bits per heavy atom. The average molecular weight is 566 g/mol. The number of phenolic OH excluding ortho intramolecular Hbond substituents is 2. The Kier molecular flexibility index (Phi) is 12.4. The van der Waals surface area contributed by atoms with Crippen molar-refractivity contribution in [2.45, 2.75) is 76.8 Å². The van der Waals surface area contributed by atoms with Crippen molar-refractivity contribution in [2.24, 2.45) is 0 Å². The summed E-state index contributed by atoms with van der Waals surface area (Å²) in [6.45, 7) is 1.74. The number of aryl methyl sites for hydroxylation is 1. The van der Waals surface area contributed by atoms with Gasteiger partial charge in [0.25, 0.3) is 0 Å². The second-order valence-corrected chi connectivity index (χ2v) is 12.3. The number of hydrogen-bond donors (Lipinski definition) is 2. The quantitative estimate of drug-likeness (QED) is 0.217. The van der Waals surface area contributed by atoms with Crippen molar-refractivity contribution in [3.8, 4) is 11.5 Å². The second-order valence-electron chi connectivity index (χ2n) is 10.6. The molecule has 1 unspecified atom stereocenters. The number of benzene rings is 2. The molecule has 0 spiro atoms. The number of nitrogens with zero attached hydrogens (tertiary/aromatic N) is 1. The van der Waals surface area contributed by atoms with Gasteiger partial charge >= 0.3 is 6.18 Å². The highest BCUT2D eigenvalue weighted by Gasteiger charge is 2.26. The maximum Gasteiger partial charge on any atom is 0.389 e. The average Bonchev–Trinajstić information content (AvgIpc) is 3.04. The van der Waals surface area contributed by atoms with Crippen LogP contribution in [0.5, 0.6) is 11.5 Å². The molecule has 2 N–H and O–H groups in total. The lowest BCUT2D eigenvalue weighted by Gasteiger charge is -2.17. The number of alkyl halides is 3. The van der Waals surface area contributed by atoms with Crippen LogP contribution < -0.4 is 0 Å². The molecule has 0 aromatic heterocycles. The number of fused-ring (bicyclic) bond motifs is 1. The van der Waals surface area contributed by atoms with E-state index in [2.05, 4.69) is 11.0 Å². The highest BCUT2D eigenvalue weighted by Crippen LogP contribution is 2.40. The van der Waals surface area contributed by atoms with Gasteiger partial charge in [-0.05, 0) is 124 Å². The van der Waals surface area contributed by atoms with Gasteiger partial charge in [-0.25, -0.2) is 0 Å². The van der Waals surface area contributed by atoms with E-state index < -0.39 is 23.4 Å². The van der Waals surface area contributed by atoms with Crippen molar-refractivity contribution in [3.05, 3.63) is 59.2 Å². The minimum Gasteiger partial charge on any atom is -0.508 e. The zero-order valence-electron chi connectivity index (χ0n) is 22.9. The smallest absolute Gasteiger partial charge is 0.389 e. The number of unbranched alkanes of at least 4 members (excludes halogenated alkanes) is 3. The summed E-state index contributed by atoms with van der Waals surface area (Å²) in [6, 6.07) is 13.2. The molecule has 0 radical (unpaired) electrons. The number of aromatic hydroxyl groups is 2. The molecule has 1 aliphatic rings. The van der Waals surface area contributed by atoms with Gasteiger partial charge in [-0.2, -0.15) is 13.2 Å². The molecule has 3 rings (SSSR count). The summed E-state index contributed by atoms with van der Waals surface area (Å²) in [7, 11) is 0.859. The van der Waals surface area contributed by atoms with Crippen molar-refractivity contribution in [1.82, 2.24) is 4.90 Å². The third-order valence-electron chi connectivity index (χ3n) is 7.31. The molecular weight excluding hydrogens is 523 g/mol. The predicted octanol–water partition coefficient (Wildman–Crippen LogP) is 7.71. The van der Waals surface area contributed by atoms with Crippen LogP contribution in [-0.4, -0.2) is 57.1 Å². The molecule has 8 heteroatoms. The molecule has 1 aliphatic carbocycles. The zero-order chi connectivity index (χ0) is 28.3. The Balaban J connectivity index is 1.44. The van der Waals surface area contributed by atoms with Gasteiger partial charge < -0.3 is 15.1 Å². The second kappa shape index (κ2) is 15.5. The van der Waals surface area contributed by atoms with Gasteiger partial charge in [0.1, 0.15) is 11.5 Å². The molecule has 0 amide bonds. The van der Waals surface area contributed by atoms with Gasteiger partial charge in [0.2, 0.25) is 0 Å². The largest absolute Gasteiger partial charge is 0.508 e. The lowest BCUT2D eigenvalue weighted by Crippen LogP contribution is -2.22. The maximum atomic E-state index is 12.2. The Bertz CT molecular complexity index is 1120. The van der Waals surface area contributed by atoms with Gasteiger partial charge in [0, 0.05) is 28.7 Å². The number of halogens is 3. The summed E-state index contributed by atoms with van der Waals surface area (Å²) in [4.78, 5) is 2.21. The Morgan fingerprint density at radius 1 is 0.872 bits per heavy atom. The molecule has 2 aromatic rings. The van der Waals surface area contributed by atoms with E-state index in [1.165, 1.54) is 22.3 Å².